The van der Waals surface area contributed by atoms with E-state index >= 15 is 0 Å². The van der Waals surface area contributed by atoms with Crippen molar-refractivity contribution in [1.29, 1.82) is 0 Å². The molecule has 1 unspecified atom stereocenters. The monoisotopic (exact) mass is 390 g/mol. The quantitative estimate of drug-likeness (QED) is 0.459. The van der Waals surface area contributed by atoms with Crippen LogP contribution in [0.4, 0.5) is 5.69 Å². The Kier molecular flexibility index (Phi) is 5.13. The Bertz CT molecular complexity index is 1030. The Morgan fingerprint density at radius 1 is 0.862 bits per heavy atom. The Morgan fingerprint density at radius 3 is 2.28 bits per heavy atom. The fourth-order valence-corrected chi connectivity index (χ4v) is 3.21. The van der Waals surface area contributed by atoms with E-state index in [1.165, 1.54) is 0 Å². The van der Waals surface area contributed by atoms with Gasteiger partial charge in [-0.1, -0.05) is 42.5 Å². The molecule has 3 aromatic carbocycles. The highest BCUT2D eigenvalue weighted by Gasteiger charge is 2.22. The summed E-state index contributed by atoms with van der Waals surface area (Å²) in [5, 5.41) is 11.9. The van der Waals surface area contributed by atoms with Gasteiger partial charge in [0.05, 0.1) is 5.92 Å². The lowest BCUT2D eigenvalue weighted by atomic mass is 9.90. The highest BCUT2D eigenvalue weighted by Crippen LogP contribution is 2.33. The molecular formula is C22H18N2O5. The lowest BCUT2D eigenvalue weighted by Gasteiger charge is -2.16. The number of benzene rings is 3. The van der Waals surface area contributed by atoms with Gasteiger partial charge in [0.1, 0.15) is 0 Å². The van der Waals surface area contributed by atoms with Crippen LogP contribution in [0, 0.1) is 0 Å². The molecule has 0 aromatic heterocycles. The predicted octanol–water partition coefficient (Wildman–Crippen LogP) is 3.30. The van der Waals surface area contributed by atoms with E-state index in [4.69, 9.17) is 14.7 Å². The van der Waals surface area contributed by atoms with E-state index in [9.17, 15) is 9.59 Å². The van der Waals surface area contributed by atoms with Crippen molar-refractivity contribution in [2.24, 2.45) is 0 Å². The molecule has 0 fully saturated rings. The molecule has 0 spiro atoms. The highest BCUT2D eigenvalue weighted by atomic mass is 16.7. The van der Waals surface area contributed by atoms with Crippen molar-refractivity contribution in [3.63, 3.8) is 0 Å². The summed E-state index contributed by atoms with van der Waals surface area (Å²) in [7, 11) is 0. The van der Waals surface area contributed by atoms with Crippen molar-refractivity contribution in [3.05, 3.63) is 89.5 Å². The minimum Gasteiger partial charge on any atom is -0.454 e. The molecule has 3 N–H and O–H groups in total. The van der Waals surface area contributed by atoms with Gasteiger partial charge in [-0.2, -0.15) is 0 Å². The van der Waals surface area contributed by atoms with E-state index in [1.54, 1.807) is 47.9 Å². The lowest BCUT2D eigenvalue weighted by molar-refractivity contribution is -0.129. The van der Waals surface area contributed by atoms with Crippen LogP contribution in [-0.2, 0) is 4.79 Å². The van der Waals surface area contributed by atoms with Gasteiger partial charge in [-0.3, -0.25) is 14.8 Å². The van der Waals surface area contributed by atoms with E-state index in [2.05, 4.69) is 5.32 Å². The molecular weight excluding hydrogens is 372 g/mol. The summed E-state index contributed by atoms with van der Waals surface area (Å²) >= 11 is 0. The molecule has 1 aliphatic heterocycles. The maximum Gasteiger partial charge on any atom is 0.255 e. The maximum atomic E-state index is 12.5. The first kappa shape index (κ1) is 18.5. The number of hydroxylamine groups is 1. The van der Waals surface area contributed by atoms with Crippen molar-refractivity contribution in [2.45, 2.75) is 5.92 Å². The third-order valence-corrected chi connectivity index (χ3v) is 4.64. The Labute approximate surface area is 166 Å². The Hall–Kier alpha value is -3.84. The first-order valence-corrected chi connectivity index (χ1v) is 8.95. The standard InChI is InChI=1S/C22H18N2O5/c25-21(16-8-11-18-19(12-16)29-13-28-18)23-17-9-6-15(7-10-17)20(22(26)24-27)14-4-2-1-3-5-14/h1-12,20,27H,13H2,(H,23,25)(H,24,26). The van der Waals surface area contributed by atoms with Crippen molar-refractivity contribution in [3.8, 4) is 11.5 Å². The molecule has 4 rings (SSSR count). The maximum absolute atomic E-state index is 12.5. The van der Waals surface area contributed by atoms with E-state index in [1.807, 2.05) is 30.3 Å². The molecule has 0 aliphatic carbocycles. The number of amides is 2. The summed E-state index contributed by atoms with van der Waals surface area (Å²) in [5.41, 5.74) is 4.17. The second kappa shape index (κ2) is 8.04. The largest absolute Gasteiger partial charge is 0.454 e. The molecule has 3 aromatic rings. The van der Waals surface area contributed by atoms with Gasteiger partial charge in [-0.05, 0) is 41.5 Å². The lowest BCUT2D eigenvalue weighted by Crippen LogP contribution is -2.27. The van der Waals surface area contributed by atoms with Gasteiger partial charge < -0.3 is 14.8 Å². The number of anilines is 1. The number of fused-ring (bicyclic) bond motifs is 1. The average molecular weight is 390 g/mol. The molecule has 0 saturated heterocycles. The number of hydrogen-bond acceptors (Lipinski definition) is 5. The molecule has 29 heavy (non-hydrogen) atoms. The average Bonchev–Trinajstić information content (AvgIpc) is 3.23. The van der Waals surface area contributed by atoms with Gasteiger partial charge in [0.15, 0.2) is 11.5 Å². The third kappa shape index (κ3) is 3.90. The summed E-state index contributed by atoms with van der Waals surface area (Å²) in [6.07, 6.45) is 0. The topological polar surface area (TPSA) is 96.9 Å². The molecule has 0 saturated carbocycles. The summed E-state index contributed by atoms with van der Waals surface area (Å²) in [6, 6.07) is 21.0. The van der Waals surface area contributed by atoms with E-state index < -0.39 is 11.8 Å². The van der Waals surface area contributed by atoms with Crippen molar-refractivity contribution < 1.29 is 24.3 Å². The SMILES string of the molecule is O=C(Nc1ccc(C(C(=O)NO)c2ccccc2)cc1)c1ccc2c(c1)OCO2. The number of carbonyl (C=O) groups is 2. The van der Waals surface area contributed by atoms with Crippen LogP contribution in [0.2, 0.25) is 0 Å². The molecule has 0 bridgehead atoms. The minimum atomic E-state index is -0.667. The normalized spacial score (nSPS) is 12.9. The van der Waals surface area contributed by atoms with E-state index in [-0.39, 0.29) is 12.7 Å². The Balaban J connectivity index is 1.52. The van der Waals surface area contributed by atoms with Gasteiger partial charge in [-0.25, -0.2) is 5.48 Å². The van der Waals surface area contributed by atoms with Gasteiger partial charge in [0.25, 0.3) is 11.8 Å². The van der Waals surface area contributed by atoms with Crippen LogP contribution in [0.1, 0.15) is 27.4 Å². The van der Waals surface area contributed by atoms with Gasteiger partial charge in [0.2, 0.25) is 6.79 Å². The van der Waals surface area contributed by atoms with Crippen LogP contribution >= 0.6 is 0 Å². The van der Waals surface area contributed by atoms with Crippen molar-refractivity contribution >= 4 is 17.5 Å². The van der Waals surface area contributed by atoms with Crippen LogP contribution in [0.15, 0.2) is 72.8 Å². The number of nitrogens with one attached hydrogen (secondary N) is 2. The van der Waals surface area contributed by atoms with Gasteiger partial charge in [0, 0.05) is 11.3 Å². The zero-order chi connectivity index (χ0) is 20.2. The highest BCUT2D eigenvalue weighted by molar-refractivity contribution is 6.04. The molecule has 1 aliphatic rings. The third-order valence-electron chi connectivity index (χ3n) is 4.64. The summed E-state index contributed by atoms with van der Waals surface area (Å²) in [5.74, 6) is -0.342. The first-order valence-electron chi connectivity index (χ1n) is 8.95. The van der Waals surface area contributed by atoms with Crippen LogP contribution in [-0.4, -0.2) is 23.8 Å². The van der Waals surface area contributed by atoms with Crippen LogP contribution in [0.5, 0.6) is 11.5 Å². The van der Waals surface area contributed by atoms with E-state index in [0.717, 1.165) is 5.56 Å². The second-order valence-corrected chi connectivity index (χ2v) is 6.46. The fraction of sp³-hybridized carbons (Fsp3) is 0.0909. The summed E-state index contributed by atoms with van der Waals surface area (Å²) in [6.45, 7) is 0.145. The Morgan fingerprint density at radius 2 is 1.55 bits per heavy atom. The second-order valence-electron chi connectivity index (χ2n) is 6.46. The minimum absolute atomic E-state index is 0.145. The van der Waals surface area contributed by atoms with E-state index in [0.29, 0.717) is 28.3 Å². The molecule has 1 atom stereocenters. The molecule has 2 amide bonds. The molecule has 1 heterocycles. The molecule has 0 radical (unpaired) electrons. The van der Waals surface area contributed by atoms with Gasteiger partial charge >= 0.3 is 0 Å². The summed E-state index contributed by atoms with van der Waals surface area (Å²) < 4.78 is 10.5. The summed E-state index contributed by atoms with van der Waals surface area (Å²) in [4.78, 5) is 24.7. The van der Waals surface area contributed by atoms with Gasteiger partial charge in [-0.15, -0.1) is 0 Å². The van der Waals surface area contributed by atoms with Crippen LogP contribution in [0.25, 0.3) is 0 Å². The molecule has 146 valence electrons. The van der Waals surface area contributed by atoms with Crippen molar-refractivity contribution in [1.82, 2.24) is 5.48 Å². The first-order chi connectivity index (χ1) is 14.2. The predicted molar refractivity (Wildman–Crippen MR) is 105 cm³/mol. The number of ether oxygens (including phenoxy) is 2. The zero-order valence-corrected chi connectivity index (χ0v) is 15.3. The van der Waals surface area contributed by atoms with Crippen molar-refractivity contribution in [2.75, 3.05) is 12.1 Å². The number of rotatable bonds is 5. The fourth-order valence-electron chi connectivity index (χ4n) is 3.21. The number of hydrogen-bond donors (Lipinski definition) is 3. The molecule has 7 nitrogen and oxygen atoms in total. The van der Waals surface area contributed by atoms with Crippen LogP contribution in [0.3, 0.4) is 0 Å². The molecule has 7 heteroatoms. The number of carbonyl (C=O) groups excluding carboxylic acids is 2. The smallest absolute Gasteiger partial charge is 0.255 e. The zero-order valence-electron chi connectivity index (χ0n) is 15.3. The van der Waals surface area contributed by atoms with Crippen LogP contribution < -0.4 is 20.3 Å².